The van der Waals surface area contributed by atoms with Gasteiger partial charge in [0.25, 0.3) is 0 Å². The van der Waals surface area contributed by atoms with Crippen LogP contribution in [-0.2, 0) is 7.05 Å². The number of anilines is 1. The first kappa shape index (κ1) is 9.93. The van der Waals surface area contributed by atoms with Crippen LogP contribution >= 0.6 is 12.4 Å². The van der Waals surface area contributed by atoms with Crippen LogP contribution in [-0.4, -0.2) is 4.57 Å². The number of halogens is 1. The van der Waals surface area contributed by atoms with Crippen molar-refractivity contribution in [3.63, 3.8) is 0 Å². The largest absolute Gasteiger partial charge is 0.385 e. The molecular formula is C10H13ClN2. The lowest BCUT2D eigenvalue weighted by Crippen LogP contribution is -1.95. The lowest BCUT2D eigenvalue weighted by atomic mass is 10.2. The van der Waals surface area contributed by atoms with Gasteiger partial charge >= 0.3 is 0 Å². The fourth-order valence-electron chi connectivity index (χ4n) is 1.60. The minimum Gasteiger partial charge on any atom is -0.385 e. The average Bonchev–Trinajstić information content (AvgIpc) is 2.33. The third-order valence-corrected chi connectivity index (χ3v) is 2.41. The van der Waals surface area contributed by atoms with Gasteiger partial charge in [-0.2, -0.15) is 0 Å². The van der Waals surface area contributed by atoms with E-state index in [2.05, 4.69) is 19.1 Å². The van der Waals surface area contributed by atoms with Crippen LogP contribution in [0.15, 0.2) is 24.3 Å². The second-order valence-electron chi connectivity index (χ2n) is 3.09. The molecule has 0 aliphatic carbocycles. The van der Waals surface area contributed by atoms with Crippen LogP contribution in [0.4, 0.5) is 5.82 Å². The summed E-state index contributed by atoms with van der Waals surface area (Å²) in [5.74, 6) is 0.858. The monoisotopic (exact) mass is 196 g/mol. The number of rotatable bonds is 0. The molecule has 2 N–H and O–H groups in total. The molecule has 0 saturated carbocycles. The number of aryl methyl sites for hydroxylation is 2. The Morgan fingerprint density at radius 1 is 1.23 bits per heavy atom. The summed E-state index contributed by atoms with van der Waals surface area (Å²) in [6, 6.07) is 8.25. The van der Waals surface area contributed by atoms with Gasteiger partial charge in [-0.15, -0.1) is 12.4 Å². The highest BCUT2D eigenvalue weighted by Crippen LogP contribution is 2.25. The third-order valence-electron chi connectivity index (χ3n) is 2.41. The van der Waals surface area contributed by atoms with Crippen molar-refractivity contribution in [1.82, 2.24) is 4.57 Å². The fourth-order valence-corrected chi connectivity index (χ4v) is 1.60. The number of hydrogen-bond donors (Lipinski definition) is 1. The number of nitrogen functional groups attached to an aromatic ring is 1. The number of fused-ring (bicyclic) bond motifs is 1. The molecule has 70 valence electrons. The van der Waals surface area contributed by atoms with E-state index in [9.17, 15) is 0 Å². The Kier molecular flexibility index (Phi) is 2.52. The van der Waals surface area contributed by atoms with Crippen LogP contribution in [0.5, 0.6) is 0 Å². The van der Waals surface area contributed by atoms with Gasteiger partial charge in [0.2, 0.25) is 0 Å². The molecule has 2 aromatic rings. The van der Waals surface area contributed by atoms with Crippen LogP contribution in [0.25, 0.3) is 10.9 Å². The average molecular weight is 197 g/mol. The molecule has 3 heteroatoms. The maximum atomic E-state index is 5.88. The SMILES string of the molecule is Cc1c(N)n(C)c2ccccc12.Cl. The van der Waals surface area contributed by atoms with E-state index in [0.717, 1.165) is 5.82 Å². The van der Waals surface area contributed by atoms with Crippen molar-refractivity contribution in [2.75, 3.05) is 5.73 Å². The zero-order chi connectivity index (χ0) is 8.72. The second-order valence-corrected chi connectivity index (χ2v) is 3.09. The summed E-state index contributed by atoms with van der Waals surface area (Å²) in [7, 11) is 1.99. The maximum Gasteiger partial charge on any atom is 0.107 e. The van der Waals surface area contributed by atoms with Gasteiger partial charge in [0.05, 0.1) is 0 Å². The molecular weight excluding hydrogens is 184 g/mol. The van der Waals surface area contributed by atoms with Gasteiger partial charge in [0, 0.05) is 18.0 Å². The third kappa shape index (κ3) is 1.27. The molecule has 1 aromatic heterocycles. The molecule has 0 radical (unpaired) electrons. The van der Waals surface area contributed by atoms with Crippen molar-refractivity contribution in [3.05, 3.63) is 29.8 Å². The smallest absolute Gasteiger partial charge is 0.107 e. The van der Waals surface area contributed by atoms with Gasteiger partial charge in [-0.3, -0.25) is 0 Å². The first-order chi connectivity index (χ1) is 5.72. The molecule has 1 heterocycles. The summed E-state index contributed by atoms with van der Waals surface area (Å²) in [6.07, 6.45) is 0. The zero-order valence-electron chi connectivity index (χ0n) is 7.74. The predicted octanol–water partition coefficient (Wildman–Crippen LogP) is 2.49. The molecule has 2 rings (SSSR count). The van der Waals surface area contributed by atoms with E-state index >= 15 is 0 Å². The molecule has 2 nitrogen and oxygen atoms in total. The number of nitrogens with zero attached hydrogens (tertiary/aromatic N) is 1. The highest BCUT2D eigenvalue weighted by Gasteiger charge is 2.06. The minimum atomic E-state index is 0. The summed E-state index contributed by atoms with van der Waals surface area (Å²) in [4.78, 5) is 0. The van der Waals surface area contributed by atoms with Gasteiger partial charge in [-0.25, -0.2) is 0 Å². The van der Waals surface area contributed by atoms with Crippen LogP contribution in [0, 0.1) is 6.92 Å². The molecule has 0 unspecified atom stereocenters. The molecule has 0 aliphatic heterocycles. The van der Waals surface area contributed by atoms with E-state index in [4.69, 9.17) is 5.73 Å². The van der Waals surface area contributed by atoms with Gasteiger partial charge in [-0.1, -0.05) is 18.2 Å². The fraction of sp³-hybridized carbons (Fsp3) is 0.200. The lowest BCUT2D eigenvalue weighted by molar-refractivity contribution is 0.979. The van der Waals surface area contributed by atoms with Crippen molar-refractivity contribution >= 4 is 29.1 Å². The molecule has 0 spiro atoms. The molecule has 0 bridgehead atoms. The Bertz CT molecular complexity index is 393. The molecule has 0 fully saturated rings. The predicted molar refractivity (Wildman–Crippen MR) is 59.3 cm³/mol. The summed E-state index contributed by atoms with van der Waals surface area (Å²) < 4.78 is 2.02. The second kappa shape index (κ2) is 3.30. The quantitative estimate of drug-likeness (QED) is 0.690. The topological polar surface area (TPSA) is 30.9 Å². The van der Waals surface area contributed by atoms with Crippen LogP contribution in [0.1, 0.15) is 5.56 Å². The molecule has 0 aliphatic rings. The highest BCUT2D eigenvalue weighted by atomic mass is 35.5. The van der Waals surface area contributed by atoms with E-state index in [-0.39, 0.29) is 12.4 Å². The van der Waals surface area contributed by atoms with E-state index < -0.39 is 0 Å². The number of hydrogen-bond acceptors (Lipinski definition) is 1. The molecule has 13 heavy (non-hydrogen) atoms. The first-order valence-electron chi connectivity index (χ1n) is 4.01. The number of nitrogens with two attached hydrogens (primary N) is 1. The summed E-state index contributed by atoms with van der Waals surface area (Å²) in [5, 5.41) is 1.25. The standard InChI is InChI=1S/C10H12N2.ClH/c1-7-8-5-3-4-6-9(8)12(2)10(7)11;/h3-6H,11H2,1-2H3;1H. The van der Waals surface area contributed by atoms with E-state index in [1.807, 2.05) is 23.7 Å². The normalized spacial score (nSPS) is 10.0. The lowest BCUT2D eigenvalue weighted by Gasteiger charge is -1.96. The Hall–Kier alpha value is -1.15. The molecule has 1 aromatic carbocycles. The van der Waals surface area contributed by atoms with Crippen LogP contribution in [0.3, 0.4) is 0 Å². The van der Waals surface area contributed by atoms with Crippen molar-refractivity contribution in [2.24, 2.45) is 7.05 Å². The zero-order valence-corrected chi connectivity index (χ0v) is 8.56. The van der Waals surface area contributed by atoms with Crippen molar-refractivity contribution in [1.29, 1.82) is 0 Å². The van der Waals surface area contributed by atoms with Gasteiger partial charge in [0.15, 0.2) is 0 Å². The summed E-state index contributed by atoms with van der Waals surface area (Å²) >= 11 is 0. The van der Waals surface area contributed by atoms with Crippen molar-refractivity contribution in [3.8, 4) is 0 Å². The van der Waals surface area contributed by atoms with Gasteiger partial charge < -0.3 is 10.3 Å². The van der Waals surface area contributed by atoms with Crippen molar-refractivity contribution in [2.45, 2.75) is 6.92 Å². The Labute approximate surface area is 83.8 Å². The Balaban J connectivity index is 0.000000845. The van der Waals surface area contributed by atoms with E-state index in [0.29, 0.717) is 0 Å². The van der Waals surface area contributed by atoms with Crippen molar-refractivity contribution < 1.29 is 0 Å². The van der Waals surface area contributed by atoms with Gasteiger partial charge in [-0.05, 0) is 18.6 Å². The highest BCUT2D eigenvalue weighted by molar-refractivity contribution is 5.88. The molecule has 0 saturated heterocycles. The Morgan fingerprint density at radius 2 is 1.85 bits per heavy atom. The number of benzene rings is 1. The van der Waals surface area contributed by atoms with Gasteiger partial charge in [0.1, 0.15) is 5.82 Å². The summed E-state index contributed by atoms with van der Waals surface area (Å²) in [5.41, 5.74) is 8.25. The van der Waals surface area contributed by atoms with Crippen LogP contribution in [0.2, 0.25) is 0 Å². The summed E-state index contributed by atoms with van der Waals surface area (Å²) in [6.45, 7) is 2.05. The van der Waals surface area contributed by atoms with E-state index in [1.165, 1.54) is 16.5 Å². The Morgan fingerprint density at radius 3 is 2.46 bits per heavy atom. The molecule has 0 amide bonds. The van der Waals surface area contributed by atoms with E-state index in [1.54, 1.807) is 0 Å². The van der Waals surface area contributed by atoms with Crippen LogP contribution < -0.4 is 5.73 Å². The number of aromatic nitrogens is 1. The number of para-hydroxylation sites is 1. The minimum absolute atomic E-state index is 0. The maximum absolute atomic E-state index is 5.88. The first-order valence-corrected chi connectivity index (χ1v) is 4.01. The molecule has 0 atom stereocenters.